The SMILES string of the molecule is CC(C)c1ccc(C=CC=Cc2ccc(O)cc2)cc1. The van der Waals surface area contributed by atoms with Crippen molar-refractivity contribution >= 4 is 12.2 Å². The third-order valence-electron chi connectivity index (χ3n) is 3.18. The van der Waals surface area contributed by atoms with Gasteiger partial charge in [0.15, 0.2) is 0 Å². The van der Waals surface area contributed by atoms with Crippen LogP contribution in [-0.2, 0) is 0 Å². The Balaban J connectivity index is 1.97. The summed E-state index contributed by atoms with van der Waals surface area (Å²) >= 11 is 0. The standard InChI is InChI=1S/C19H20O/c1-15(2)18-11-7-16(8-12-18)5-3-4-6-17-9-13-19(20)14-10-17/h3-15,20H,1-2H3. The van der Waals surface area contributed by atoms with Gasteiger partial charge in [-0.15, -0.1) is 0 Å². The first-order valence-corrected chi connectivity index (χ1v) is 6.89. The van der Waals surface area contributed by atoms with Crippen LogP contribution in [0.1, 0.15) is 36.5 Å². The van der Waals surface area contributed by atoms with E-state index in [0.29, 0.717) is 11.7 Å². The van der Waals surface area contributed by atoms with E-state index in [2.05, 4.69) is 44.2 Å². The summed E-state index contributed by atoms with van der Waals surface area (Å²) in [6.07, 6.45) is 8.12. The summed E-state index contributed by atoms with van der Waals surface area (Å²) in [5, 5.41) is 9.20. The lowest BCUT2D eigenvalue weighted by molar-refractivity contribution is 0.475. The fourth-order valence-electron chi connectivity index (χ4n) is 1.91. The van der Waals surface area contributed by atoms with Gasteiger partial charge in [0.05, 0.1) is 0 Å². The normalized spacial score (nSPS) is 11.8. The van der Waals surface area contributed by atoms with Gasteiger partial charge in [-0.1, -0.05) is 74.5 Å². The Morgan fingerprint density at radius 3 is 1.65 bits per heavy atom. The van der Waals surface area contributed by atoms with Crippen molar-refractivity contribution in [3.8, 4) is 5.75 Å². The number of benzene rings is 2. The lowest BCUT2D eigenvalue weighted by atomic mass is 10.0. The van der Waals surface area contributed by atoms with Gasteiger partial charge < -0.3 is 5.11 Å². The molecule has 0 spiro atoms. The zero-order valence-electron chi connectivity index (χ0n) is 12.0. The molecule has 0 aromatic heterocycles. The van der Waals surface area contributed by atoms with Gasteiger partial charge in [0.25, 0.3) is 0 Å². The average Bonchev–Trinajstić information content (AvgIpc) is 2.46. The Kier molecular flexibility index (Phi) is 4.78. The van der Waals surface area contributed by atoms with Crippen molar-refractivity contribution in [3.63, 3.8) is 0 Å². The van der Waals surface area contributed by atoms with Gasteiger partial charge in [0.2, 0.25) is 0 Å². The van der Waals surface area contributed by atoms with E-state index in [1.54, 1.807) is 12.1 Å². The monoisotopic (exact) mass is 264 g/mol. The number of phenols is 1. The largest absolute Gasteiger partial charge is 0.508 e. The summed E-state index contributed by atoms with van der Waals surface area (Å²) in [7, 11) is 0. The van der Waals surface area contributed by atoms with Crippen molar-refractivity contribution in [3.05, 3.63) is 77.4 Å². The number of aromatic hydroxyl groups is 1. The maximum Gasteiger partial charge on any atom is 0.115 e. The van der Waals surface area contributed by atoms with Crippen LogP contribution in [-0.4, -0.2) is 5.11 Å². The summed E-state index contributed by atoms with van der Waals surface area (Å²) < 4.78 is 0. The lowest BCUT2D eigenvalue weighted by Crippen LogP contribution is -1.85. The molecule has 0 radical (unpaired) electrons. The van der Waals surface area contributed by atoms with Crippen LogP contribution in [0.4, 0.5) is 0 Å². The molecule has 1 N–H and O–H groups in total. The lowest BCUT2D eigenvalue weighted by Gasteiger charge is -2.04. The minimum absolute atomic E-state index is 0.294. The highest BCUT2D eigenvalue weighted by molar-refractivity contribution is 5.57. The molecule has 1 heteroatoms. The molecule has 2 rings (SSSR count). The van der Waals surface area contributed by atoms with Gasteiger partial charge >= 0.3 is 0 Å². The molecule has 0 aliphatic rings. The van der Waals surface area contributed by atoms with Crippen LogP contribution in [0.2, 0.25) is 0 Å². The van der Waals surface area contributed by atoms with E-state index in [-0.39, 0.29) is 0 Å². The summed E-state index contributed by atoms with van der Waals surface area (Å²) in [4.78, 5) is 0. The minimum atomic E-state index is 0.294. The van der Waals surface area contributed by atoms with Gasteiger partial charge in [-0.05, 0) is 34.7 Å². The van der Waals surface area contributed by atoms with Gasteiger partial charge in [-0.3, -0.25) is 0 Å². The predicted molar refractivity (Wildman–Crippen MR) is 86.7 cm³/mol. The summed E-state index contributed by atoms with van der Waals surface area (Å²) in [5.41, 5.74) is 3.63. The van der Waals surface area contributed by atoms with E-state index in [4.69, 9.17) is 0 Å². The van der Waals surface area contributed by atoms with Crippen molar-refractivity contribution in [2.45, 2.75) is 19.8 Å². The second-order valence-corrected chi connectivity index (χ2v) is 5.13. The molecule has 0 heterocycles. The second kappa shape index (κ2) is 6.76. The van der Waals surface area contributed by atoms with Crippen LogP contribution in [0.5, 0.6) is 5.75 Å². The highest BCUT2D eigenvalue weighted by Crippen LogP contribution is 2.15. The fraction of sp³-hybridized carbons (Fsp3) is 0.158. The molecule has 0 saturated heterocycles. The molecule has 1 nitrogen and oxygen atoms in total. The highest BCUT2D eigenvalue weighted by atomic mass is 16.3. The van der Waals surface area contributed by atoms with Gasteiger partial charge in [-0.25, -0.2) is 0 Å². The average molecular weight is 264 g/mol. The Morgan fingerprint density at radius 1 is 0.750 bits per heavy atom. The number of rotatable bonds is 4. The molecule has 2 aromatic carbocycles. The molecule has 0 saturated carbocycles. The third kappa shape index (κ3) is 4.13. The van der Waals surface area contributed by atoms with Crippen LogP contribution < -0.4 is 0 Å². The van der Waals surface area contributed by atoms with Gasteiger partial charge in [0.1, 0.15) is 5.75 Å². The first-order valence-electron chi connectivity index (χ1n) is 6.89. The topological polar surface area (TPSA) is 20.2 Å². The first kappa shape index (κ1) is 14.1. The maximum atomic E-state index is 9.20. The van der Waals surface area contributed by atoms with E-state index in [1.807, 2.05) is 30.4 Å². The van der Waals surface area contributed by atoms with Crippen molar-refractivity contribution in [2.75, 3.05) is 0 Å². The van der Waals surface area contributed by atoms with Crippen LogP contribution in [0.25, 0.3) is 12.2 Å². The Labute approximate surface area is 120 Å². The highest BCUT2D eigenvalue weighted by Gasteiger charge is 1.96. The van der Waals surface area contributed by atoms with Crippen molar-refractivity contribution in [2.24, 2.45) is 0 Å². The predicted octanol–water partition coefficient (Wildman–Crippen LogP) is 5.24. The molecule has 0 aliphatic heterocycles. The number of hydrogen-bond donors (Lipinski definition) is 1. The summed E-state index contributed by atoms with van der Waals surface area (Å²) in [6.45, 7) is 4.40. The molecule has 102 valence electrons. The Bertz CT molecular complexity index is 587. The number of hydrogen-bond acceptors (Lipinski definition) is 1. The van der Waals surface area contributed by atoms with Crippen LogP contribution in [0.3, 0.4) is 0 Å². The van der Waals surface area contributed by atoms with Crippen molar-refractivity contribution < 1.29 is 5.11 Å². The number of allylic oxidation sites excluding steroid dienone is 2. The van der Waals surface area contributed by atoms with Gasteiger partial charge in [-0.2, -0.15) is 0 Å². The van der Waals surface area contributed by atoms with E-state index < -0.39 is 0 Å². The zero-order chi connectivity index (χ0) is 14.4. The molecule has 20 heavy (non-hydrogen) atoms. The fourth-order valence-corrected chi connectivity index (χ4v) is 1.91. The van der Waals surface area contributed by atoms with Gasteiger partial charge in [0, 0.05) is 0 Å². The van der Waals surface area contributed by atoms with E-state index in [0.717, 1.165) is 5.56 Å². The molecular weight excluding hydrogens is 244 g/mol. The molecule has 0 amide bonds. The van der Waals surface area contributed by atoms with Crippen LogP contribution in [0, 0.1) is 0 Å². The molecular formula is C19H20O. The molecule has 0 atom stereocenters. The smallest absolute Gasteiger partial charge is 0.115 e. The molecule has 0 aliphatic carbocycles. The van der Waals surface area contributed by atoms with Crippen LogP contribution >= 0.6 is 0 Å². The summed E-state index contributed by atoms with van der Waals surface area (Å²) in [5.74, 6) is 0.866. The first-order chi connectivity index (χ1) is 9.65. The third-order valence-corrected chi connectivity index (χ3v) is 3.18. The molecule has 0 fully saturated rings. The Hall–Kier alpha value is -2.28. The quantitative estimate of drug-likeness (QED) is 0.748. The maximum absolute atomic E-state index is 9.20. The zero-order valence-corrected chi connectivity index (χ0v) is 12.0. The minimum Gasteiger partial charge on any atom is -0.508 e. The molecule has 0 bridgehead atoms. The van der Waals surface area contributed by atoms with Crippen molar-refractivity contribution in [1.29, 1.82) is 0 Å². The van der Waals surface area contributed by atoms with Crippen LogP contribution in [0.15, 0.2) is 60.7 Å². The van der Waals surface area contributed by atoms with E-state index >= 15 is 0 Å². The van der Waals surface area contributed by atoms with E-state index in [9.17, 15) is 5.11 Å². The molecule has 0 unspecified atom stereocenters. The Morgan fingerprint density at radius 2 is 1.20 bits per heavy atom. The molecule has 2 aromatic rings. The number of phenolic OH excluding ortho intramolecular Hbond substituents is 1. The second-order valence-electron chi connectivity index (χ2n) is 5.13. The van der Waals surface area contributed by atoms with E-state index in [1.165, 1.54) is 11.1 Å². The van der Waals surface area contributed by atoms with Crippen molar-refractivity contribution in [1.82, 2.24) is 0 Å². The summed E-state index contributed by atoms with van der Waals surface area (Å²) in [6, 6.07) is 15.8.